The molecule has 1 aliphatic rings. The van der Waals surface area contributed by atoms with Crippen LogP contribution in [0.15, 0.2) is 6.33 Å². The summed E-state index contributed by atoms with van der Waals surface area (Å²) in [6.45, 7) is 0. The van der Waals surface area contributed by atoms with Crippen LogP contribution in [0.3, 0.4) is 0 Å². The first-order valence-corrected chi connectivity index (χ1v) is 4.00. The molecule has 1 aromatic rings. The molecule has 0 radical (unpaired) electrons. The SMILES string of the molecule is Cn1c[n+]([O-])c2c1C(=O)CCC2. The molecule has 4 nitrogen and oxygen atoms in total. The fourth-order valence-electron chi connectivity index (χ4n) is 1.71. The first-order chi connectivity index (χ1) is 5.70. The van der Waals surface area contributed by atoms with Crippen molar-refractivity contribution >= 4 is 5.78 Å². The van der Waals surface area contributed by atoms with Crippen molar-refractivity contribution in [2.24, 2.45) is 7.05 Å². The van der Waals surface area contributed by atoms with E-state index < -0.39 is 0 Å². The summed E-state index contributed by atoms with van der Waals surface area (Å²) in [7, 11) is 1.73. The van der Waals surface area contributed by atoms with E-state index in [4.69, 9.17) is 0 Å². The number of fused-ring (bicyclic) bond motifs is 1. The highest BCUT2D eigenvalue weighted by molar-refractivity contribution is 5.96. The molecule has 2 rings (SSSR count). The highest BCUT2D eigenvalue weighted by Gasteiger charge is 2.27. The van der Waals surface area contributed by atoms with Crippen molar-refractivity contribution < 1.29 is 9.52 Å². The molecule has 12 heavy (non-hydrogen) atoms. The third-order valence-electron chi connectivity index (χ3n) is 2.25. The predicted octanol–water partition coefficient (Wildman–Crippen LogP) is 0.177. The lowest BCUT2D eigenvalue weighted by Gasteiger charge is -2.08. The second-order valence-electron chi connectivity index (χ2n) is 3.12. The van der Waals surface area contributed by atoms with Gasteiger partial charge in [-0.2, -0.15) is 0 Å². The Balaban J connectivity index is 2.62. The molecular weight excluding hydrogens is 156 g/mol. The van der Waals surface area contributed by atoms with Crippen molar-refractivity contribution in [3.05, 3.63) is 22.9 Å². The maximum Gasteiger partial charge on any atom is 0.247 e. The van der Waals surface area contributed by atoms with Gasteiger partial charge in [0, 0.05) is 12.8 Å². The van der Waals surface area contributed by atoms with Gasteiger partial charge in [-0.15, -0.1) is 0 Å². The second-order valence-corrected chi connectivity index (χ2v) is 3.12. The molecule has 0 atom stereocenters. The van der Waals surface area contributed by atoms with Crippen molar-refractivity contribution in [1.29, 1.82) is 0 Å². The first kappa shape index (κ1) is 7.34. The Kier molecular flexibility index (Phi) is 1.43. The first-order valence-electron chi connectivity index (χ1n) is 4.00. The van der Waals surface area contributed by atoms with Gasteiger partial charge in [0.05, 0.1) is 7.05 Å². The summed E-state index contributed by atoms with van der Waals surface area (Å²) in [4.78, 5) is 11.3. The van der Waals surface area contributed by atoms with Crippen LogP contribution in [-0.4, -0.2) is 10.4 Å². The Morgan fingerprint density at radius 2 is 2.33 bits per heavy atom. The summed E-state index contributed by atoms with van der Waals surface area (Å²) in [5, 5.41) is 11.2. The highest BCUT2D eigenvalue weighted by atomic mass is 16.5. The van der Waals surface area contributed by atoms with E-state index in [0.717, 1.165) is 17.6 Å². The molecule has 1 aliphatic carbocycles. The molecule has 0 N–H and O–H groups in total. The molecule has 0 saturated carbocycles. The Morgan fingerprint density at radius 1 is 1.58 bits per heavy atom. The number of nitrogens with zero attached hydrogens (tertiary/aromatic N) is 2. The van der Waals surface area contributed by atoms with Crippen molar-refractivity contribution in [1.82, 2.24) is 4.57 Å². The smallest absolute Gasteiger partial charge is 0.247 e. The van der Waals surface area contributed by atoms with Crippen LogP contribution in [0.1, 0.15) is 29.0 Å². The minimum Gasteiger partial charge on any atom is -0.711 e. The molecule has 0 aliphatic heterocycles. The Labute approximate surface area is 70.0 Å². The van der Waals surface area contributed by atoms with Gasteiger partial charge in [-0.05, 0) is 6.42 Å². The predicted molar refractivity (Wildman–Crippen MR) is 41.6 cm³/mol. The Bertz CT molecular complexity index is 341. The van der Waals surface area contributed by atoms with Crippen LogP contribution in [0.4, 0.5) is 0 Å². The summed E-state index contributed by atoms with van der Waals surface area (Å²) >= 11 is 0. The number of hydrogen-bond acceptors (Lipinski definition) is 2. The number of Topliss-reactive ketones (excluding diaryl/α,β-unsaturated/α-hetero) is 1. The van der Waals surface area contributed by atoms with Gasteiger partial charge in [0.2, 0.25) is 17.8 Å². The van der Waals surface area contributed by atoms with Gasteiger partial charge in [-0.25, -0.2) is 9.30 Å². The maximum atomic E-state index is 11.3. The molecule has 0 unspecified atom stereocenters. The number of ketones is 1. The van der Waals surface area contributed by atoms with E-state index in [9.17, 15) is 10.0 Å². The van der Waals surface area contributed by atoms with Crippen LogP contribution in [0, 0.1) is 5.21 Å². The molecule has 1 aromatic heterocycles. The Morgan fingerprint density at radius 3 is 3.00 bits per heavy atom. The fourth-order valence-corrected chi connectivity index (χ4v) is 1.71. The summed E-state index contributed by atoms with van der Waals surface area (Å²) < 4.78 is 2.41. The van der Waals surface area contributed by atoms with E-state index in [1.165, 1.54) is 6.33 Å². The van der Waals surface area contributed by atoms with Crippen molar-refractivity contribution in [3.8, 4) is 0 Å². The van der Waals surface area contributed by atoms with Crippen LogP contribution in [0.2, 0.25) is 0 Å². The third kappa shape index (κ3) is 0.841. The van der Waals surface area contributed by atoms with Gasteiger partial charge < -0.3 is 5.21 Å². The van der Waals surface area contributed by atoms with E-state index in [0.29, 0.717) is 17.8 Å². The number of carbonyl (C=O) groups is 1. The normalized spacial score (nSPS) is 16.2. The standard InChI is InChI=1S/C8H10N2O2/c1-9-5-10(12)6-3-2-4-7(11)8(6)9/h5H,2-4H2,1H3. The summed E-state index contributed by atoms with van der Waals surface area (Å²) in [6, 6.07) is 0. The molecule has 64 valence electrons. The average molecular weight is 166 g/mol. The van der Waals surface area contributed by atoms with E-state index in [2.05, 4.69) is 0 Å². The monoisotopic (exact) mass is 166 g/mol. The van der Waals surface area contributed by atoms with Gasteiger partial charge in [-0.3, -0.25) is 4.79 Å². The number of aryl methyl sites for hydroxylation is 1. The van der Waals surface area contributed by atoms with E-state index in [-0.39, 0.29) is 5.78 Å². The lowest BCUT2D eigenvalue weighted by atomic mass is 10.00. The minimum absolute atomic E-state index is 0.0911. The molecular formula is C8H10N2O2. The molecule has 4 heteroatoms. The van der Waals surface area contributed by atoms with Crippen LogP contribution in [0.25, 0.3) is 0 Å². The fraction of sp³-hybridized carbons (Fsp3) is 0.500. The van der Waals surface area contributed by atoms with Crippen molar-refractivity contribution in [3.63, 3.8) is 0 Å². The van der Waals surface area contributed by atoms with Crippen molar-refractivity contribution in [2.45, 2.75) is 19.3 Å². The minimum atomic E-state index is 0.0911. The van der Waals surface area contributed by atoms with Crippen LogP contribution < -0.4 is 4.73 Å². The molecule has 0 saturated heterocycles. The topological polar surface area (TPSA) is 48.9 Å². The van der Waals surface area contributed by atoms with Crippen LogP contribution in [-0.2, 0) is 13.5 Å². The molecule has 0 bridgehead atoms. The van der Waals surface area contributed by atoms with E-state index in [1.807, 2.05) is 0 Å². The number of hydrogen-bond donors (Lipinski definition) is 0. The van der Waals surface area contributed by atoms with Gasteiger partial charge in [0.1, 0.15) is 0 Å². The summed E-state index contributed by atoms with van der Waals surface area (Å²) in [6.07, 6.45) is 3.52. The lowest BCUT2D eigenvalue weighted by molar-refractivity contribution is -0.613. The number of rotatable bonds is 0. The highest BCUT2D eigenvalue weighted by Crippen LogP contribution is 2.17. The largest absolute Gasteiger partial charge is 0.711 e. The average Bonchev–Trinajstić information content (AvgIpc) is 2.29. The Hall–Kier alpha value is -1.32. The quantitative estimate of drug-likeness (QED) is 0.407. The summed E-state index contributed by atoms with van der Waals surface area (Å²) in [5.74, 6) is 0.0911. The van der Waals surface area contributed by atoms with Gasteiger partial charge in [0.15, 0.2) is 5.69 Å². The van der Waals surface area contributed by atoms with Gasteiger partial charge in [0.25, 0.3) is 0 Å². The molecule has 1 heterocycles. The number of carbonyl (C=O) groups excluding carboxylic acids is 1. The van der Waals surface area contributed by atoms with Gasteiger partial charge >= 0.3 is 0 Å². The second kappa shape index (κ2) is 2.33. The zero-order valence-electron chi connectivity index (χ0n) is 6.91. The summed E-state index contributed by atoms with van der Waals surface area (Å²) in [5.41, 5.74) is 1.23. The lowest BCUT2D eigenvalue weighted by Crippen LogP contribution is -2.30. The van der Waals surface area contributed by atoms with E-state index >= 15 is 0 Å². The van der Waals surface area contributed by atoms with Crippen LogP contribution in [0.5, 0.6) is 0 Å². The molecule has 0 spiro atoms. The number of imidazole rings is 1. The molecule has 0 aromatic carbocycles. The number of aromatic nitrogens is 2. The van der Waals surface area contributed by atoms with E-state index in [1.54, 1.807) is 11.6 Å². The molecule has 0 fully saturated rings. The zero-order chi connectivity index (χ0) is 8.72. The van der Waals surface area contributed by atoms with Crippen molar-refractivity contribution in [2.75, 3.05) is 0 Å². The maximum absolute atomic E-state index is 11.3. The van der Waals surface area contributed by atoms with Crippen LogP contribution >= 0.6 is 0 Å². The third-order valence-corrected chi connectivity index (χ3v) is 2.25. The molecule has 0 amide bonds. The zero-order valence-corrected chi connectivity index (χ0v) is 6.91. The van der Waals surface area contributed by atoms with Gasteiger partial charge in [-0.1, -0.05) is 0 Å².